The van der Waals surface area contributed by atoms with E-state index in [1.807, 2.05) is 0 Å². The van der Waals surface area contributed by atoms with E-state index in [1.165, 1.54) is 4.90 Å². The van der Waals surface area contributed by atoms with Crippen LogP contribution in [0.25, 0.3) is 0 Å². The normalized spacial score (nSPS) is 18.5. The maximum atomic E-state index is 12.5. The van der Waals surface area contributed by atoms with Crippen LogP contribution in [0.3, 0.4) is 0 Å². The molecule has 1 heterocycles. The molecule has 162 valence electrons. The first kappa shape index (κ1) is 21.6. The first-order valence-corrected chi connectivity index (χ1v) is 10.2. The molecule has 2 fully saturated rings. The van der Waals surface area contributed by atoms with Crippen LogP contribution < -0.4 is 15.8 Å². The molecule has 5 N–H and O–H groups in total. The molecule has 0 aromatic heterocycles. The summed E-state index contributed by atoms with van der Waals surface area (Å²) in [5.41, 5.74) is 5.25. The predicted octanol–water partition coefficient (Wildman–Crippen LogP) is 1.10. The molecule has 1 aromatic carbocycles. The van der Waals surface area contributed by atoms with Gasteiger partial charge in [-0.2, -0.15) is 0 Å². The van der Waals surface area contributed by atoms with Gasteiger partial charge in [0.25, 0.3) is 0 Å². The smallest absolute Gasteiger partial charge is 0.312 e. The van der Waals surface area contributed by atoms with Crippen LogP contribution in [-0.4, -0.2) is 58.9 Å². The van der Waals surface area contributed by atoms with E-state index >= 15 is 0 Å². The number of rotatable bonds is 11. The highest BCUT2D eigenvalue weighted by atomic mass is 16.5. The van der Waals surface area contributed by atoms with Crippen molar-refractivity contribution in [2.45, 2.75) is 44.1 Å². The number of amides is 2. The van der Waals surface area contributed by atoms with Gasteiger partial charge in [-0.15, -0.1) is 0 Å². The first-order valence-electron chi connectivity index (χ1n) is 10.2. The summed E-state index contributed by atoms with van der Waals surface area (Å²) in [5.74, 6) is -1.46. The van der Waals surface area contributed by atoms with Crippen LogP contribution in [-0.2, 0) is 14.4 Å². The highest BCUT2D eigenvalue weighted by molar-refractivity contribution is 6.35. The van der Waals surface area contributed by atoms with Crippen molar-refractivity contribution in [1.29, 1.82) is 5.41 Å². The number of nitrogen functional groups attached to an aromatic ring is 1. The molecule has 2 amide bonds. The van der Waals surface area contributed by atoms with Crippen molar-refractivity contribution in [3.05, 3.63) is 29.8 Å². The van der Waals surface area contributed by atoms with Gasteiger partial charge in [-0.3, -0.25) is 19.8 Å². The SMILES string of the molecule is N=C(N)c1ccc(OCCCCC(CC(=O)O)(C2CC2)N2CCNC(=O)C2=O)cc1. The van der Waals surface area contributed by atoms with Gasteiger partial charge in [0.1, 0.15) is 11.6 Å². The summed E-state index contributed by atoms with van der Waals surface area (Å²) in [5, 5.41) is 19.5. The Balaban J connectivity index is 1.59. The third-order valence-corrected chi connectivity index (χ3v) is 5.83. The summed E-state index contributed by atoms with van der Waals surface area (Å²) < 4.78 is 5.72. The minimum Gasteiger partial charge on any atom is -0.494 e. The van der Waals surface area contributed by atoms with Crippen molar-refractivity contribution >= 4 is 23.6 Å². The Morgan fingerprint density at radius 1 is 1.27 bits per heavy atom. The molecule has 1 aliphatic carbocycles. The zero-order chi connectivity index (χ0) is 21.7. The number of ether oxygens (including phenoxy) is 1. The Morgan fingerprint density at radius 2 is 1.97 bits per heavy atom. The summed E-state index contributed by atoms with van der Waals surface area (Å²) in [7, 11) is 0. The van der Waals surface area contributed by atoms with Crippen LogP contribution in [0.4, 0.5) is 0 Å². The molecule has 1 aliphatic heterocycles. The van der Waals surface area contributed by atoms with E-state index < -0.39 is 23.3 Å². The second-order valence-corrected chi connectivity index (χ2v) is 7.90. The lowest BCUT2D eigenvalue weighted by Gasteiger charge is -2.45. The van der Waals surface area contributed by atoms with Crippen molar-refractivity contribution in [1.82, 2.24) is 10.2 Å². The Kier molecular flexibility index (Phi) is 6.59. The fourth-order valence-electron chi connectivity index (χ4n) is 4.23. The minimum absolute atomic E-state index is 0.00247. The van der Waals surface area contributed by atoms with Gasteiger partial charge in [-0.25, -0.2) is 0 Å². The highest BCUT2D eigenvalue weighted by Gasteiger charge is 2.53. The van der Waals surface area contributed by atoms with Crippen LogP contribution in [0, 0.1) is 11.3 Å². The van der Waals surface area contributed by atoms with Crippen LogP contribution >= 0.6 is 0 Å². The third-order valence-electron chi connectivity index (χ3n) is 5.83. The number of hydrogen-bond acceptors (Lipinski definition) is 5. The highest BCUT2D eigenvalue weighted by Crippen LogP contribution is 2.48. The van der Waals surface area contributed by atoms with Crippen LogP contribution in [0.15, 0.2) is 24.3 Å². The molecule has 3 rings (SSSR count). The van der Waals surface area contributed by atoms with E-state index in [0.717, 1.165) is 12.8 Å². The van der Waals surface area contributed by atoms with Crippen LogP contribution in [0.2, 0.25) is 0 Å². The monoisotopic (exact) mass is 416 g/mol. The van der Waals surface area contributed by atoms with Gasteiger partial charge in [-0.05, 0) is 62.3 Å². The number of nitrogens with one attached hydrogen (secondary N) is 2. The van der Waals surface area contributed by atoms with E-state index in [9.17, 15) is 19.5 Å². The molecule has 1 saturated carbocycles. The molecule has 9 nitrogen and oxygen atoms in total. The zero-order valence-corrected chi connectivity index (χ0v) is 16.9. The molecule has 0 radical (unpaired) electrons. The van der Waals surface area contributed by atoms with Gasteiger partial charge in [0.2, 0.25) is 0 Å². The summed E-state index contributed by atoms with van der Waals surface area (Å²) in [6.45, 7) is 1.13. The van der Waals surface area contributed by atoms with E-state index in [4.69, 9.17) is 15.9 Å². The number of piperazine rings is 1. The molecule has 30 heavy (non-hydrogen) atoms. The van der Waals surface area contributed by atoms with Crippen molar-refractivity contribution in [3.63, 3.8) is 0 Å². The number of benzene rings is 1. The van der Waals surface area contributed by atoms with Gasteiger partial charge in [0, 0.05) is 18.7 Å². The van der Waals surface area contributed by atoms with Crippen molar-refractivity contribution in [2.75, 3.05) is 19.7 Å². The maximum absolute atomic E-state index is 12.5. The average molecular weight is 416 g/mol. The molecule has 1 aromatic rings. The van der Waals surface area contributed by atoms with Gasteiger partial charge in [0.15, 0.2) is 0 Å². The minimum atomic E-state index is -0.956. The molecule has 1 saturated heterocycles. The zero-order valence-electron chi connectivity index (χ0n) is 16.9. The lowest BCUT2D eigenvalue weighted by Crippen LogP contribution is -2.63. The molecule has 0 bridgehead atoms. The number of amidine groups is 1. The molecule has 9 heteroatoms. The Hall–Kier alpha value is -3.10. The lowest BCUT2D eigenvalue weighted by atomic mass is 9.81. The molecule has 1 atom stereocenters. The fourth-order valence-corrected chi connectivity index (χ4v) is 4.23. The first-order chi connectivity index (χ1) is 14.3. The second-order valence-electron chi connectivity index (χ2n) is 7.90. The molecule has 0 spiro atoms. The summed E-state index contributed by atoms with van der Waals surface area (Å²) >= 11 is 0. The van der Waals surface area contributed by atoms with Gasteiger partial charge in [-0.1, -0.05) is 0 Å². The topological polar surface area (TPSA) is 146 Å². The van der Waals surface area contributed by atoms with Crippen LogP contribution in [0.5, 0.6) is 5.75 Å². The number of unbranched alkanes of at least 4 members (excludes halogenated alkanes) is 1. The number of carboxylic acid groups (broad SMARTS) is 1. The van der Waals surface area contributed by atoms with Crippen LogP contribution in [0.1, 0.15) is 44.1 Å². The largest absolute Gasteiger partial charge is 0.494 e. The number of nitrogens with zero attached hydrogens (tertiary/aromatic N) is 1. The maximum Gasteiger partial charge on any atom is 0.312 e. The predicted molar refractivity (Wildman–Crippen MR) is 109 cm³/mol. The molecular weight excluding hydrogens is 388 g/mol. The average Bonchev–Trinajstić information content (AvgIpc) is 3.55. The van der Waals surface area contributed by atoms with Gasteiger partial charge < -0.3 is 25.8 Å². The van der Waals surface area contributed by atoms with E-state index in [1.54, 1.807) is 24.3 Å². The number of carboxylic acids is 1. The molecular formula is C21H28N4O5. The van der Waals surface area contributed by atoms with Gasteiger partial charge >= 0.3 is 17.8 Å². The molecule has 2 aliphatic rings. The Labute approximate surface area is 175 Å². The second kappa shape index (κ2) is 9.15. The standard InChI is InChI=1S/C21H28N4O5/c22-18(23)14-3-7-16(8-4-14)30-12-2-1-9-21(13-17(26)27,15-5-6-15)25-11-10-24-19(28)20(25)29/h3-4,7-8,15H,1-2,5-6,9-13H2,(H3,22,23)(H,24,28)(H,26,27). The summed E-state index contributed by atoms with van der Waals surface area (Å²) in [6, 6.07) is 6.94. The lowest BCUT2D eigenvalue weighted by molar-refractivity contribution is -0.157. The van der Waals surface area contributed by atoms with Crippen molar-refractivity contribution in [2.24, 2.45) is 11.7 Å². The van der Waals surface area contributed by atoms with E-state index in [0.29, 0.717) is 50.3 Å². The molecule has 1 unspecified atom stereocenters. The van der Waals surface area contributed by atoms with E-state index in [-0.39, 0.29) is 18.2 Å². The number of nitrogens with two attached hydrogens (primary N) is 1. The third kappa shape index (κ3) is 4.90. The summed E-state index contributed by atoms with van der Waals surface area (Å²) in [4.78, 5) is 37.5. The van der Waals surface area contributed by atoms with E-state index in [2.05, 4.69) is 5.32 Å². The van der Waals surface area contributed by atoms with Crippen molar-refractivity contribution < 1.29 is 24.2 Å². The van der Waals surface area contributed by atoms with Gasteiger partial charge in [0.05, 0.1) is 18.6 Å². The number of hydrogen-bond donors (Lipinski definition) is 4. The Morgan fingerprint density at radius 3 is 2.57 bits per heavy atom. The number of carbonyl (C=O) groups is 3. The Bertz CT molecular complexity index is 821. The fraction of sp³-hybridized carbons (Fsp3) is 0.524. The quantitative estimate of drug-likeness (QED) is 0.184. The number of aliphatic carboxylic acids is 1. The summed E-state index contributed by atoms with van der Waals surface area (Å²) in [6.07, 6.45) is 3.49. The van der Waals surface area contributed by atoms with Crippen molar-refractivity contribution in [3.8, 4) is 5.75 Å². The number of carbonyl (C=O) groups excluding carboxylic acids is 2.